The van der Waals surface area contributed by atoms with Crippen molar-refractivity contribution in [1.29, 1.82) is 0 Å². The highest BCUT2D eigenvalue weighted by Gasteiger charge is 2.28. The second-order valence-corrected chi connectivity index (χ2v) is 3.86. The van der Waals surface area contributed by atoms with Crippen molar-refractivity contribution in [3.63, 3.8) is 0 Å². The maximum Gasteiger partial charge on any atom is 0.237 e. The van der Waals surface area contributed by atoms with Gasteiger partial charge in [-0.1, -0.05) is 0 Å². The highest BCUT2D eigenvalue weighted by molar-refractivity contribution is 5.87. The normalized spacial score (nSPS) is 20.1. The Hall–Kier alpha value is -1.59. The van der Waals surface area contributed by atoms with E-state index in [1.807, 2.05) is 0 Å². The van der Waals surface area contributed by atoms with Crippen molar-refractivity contribution in [2.45, 2.75) is 19.8 Å². The van der Waals surface area contributed by atoms with Gasteiger partial charge in [-0.2, -0.15) is 0 Å². The van der Waals surface area contributed by atoms with E-state index in [1.54, 1.807) is 6.92 Å². The maximum atomic E-state index is 11.9. The fraction of sp³-hybridized carbons (Fsp3) is 0.700. The van der Waals surface area contributed by atoms with Gasteiger partial charge in [0.1, 0.15) is 0 Å². The van der Waals surface area contributed by atoms with Gasteiger partial charge in [0, 0.05) is 19.5 Å². The minimum atomic E-state index is -0.518. The molecule has 0 aromatic rings. The highest BCUT2D eigenvalue weighted by Crippen LogP contribution is 2.13. The summed E-state index contributed by atoms with van der Waals surface area (Å²) in [6, 6.07) is 0. The first-order valence-corrected chi connectivity index (χ1v) is 5.38. The van der Waals surface area contributed by atoms with Gasteiger partial charge >= 0.3 is 0 Å². The first kappa shape index (κ1) is 12.5. The minimum Gasteiger partial charge on any atom is -0.368 e. The SMILES string of the molecule is CCN(CC(N)=O)C(=O)C1CCC(=O)NC1. The van der Waals surface area contributed by atoms with Crippen LogP contribution in [0.1, 0.15) is 19.8 Å². The van der Waals surface area contributed by atoms with Gasteiger partial charge in [0.05, 0.1) is 12.5 Å². The van der Waals surface area contributed by atoms with Crippen LogP contribution in [0.25, 0.3) is 0 Å². The van der Waals surface area contributed by atoms with Gasteiger partial charge in [-0.3, -0.25) is 14.4 Å². The van der Waals surface area contributed by atoms with Gasteiger partial charge in [-0.15, -0.1) is 0 Å². The highest BCUT2D eigenvalue weighted by atomic mass is 16.2. The second kappa shape index (κ2) is 5.48. The number of nitrogens with one attached hydrogen (secondary N) is 1. The maximum absolute atomic E-state index is 11.9. The molecular formula is C10H17N3O3. The molecule has 0 aliphatic carbocycles. The number of hydrogen-bond acceptors (Lipinski definition) is 3. The molecule has 1 unspecified atom stereocenters. The Kier molecular flexibility index (Phi) is 4.28. The smallest absolute Gasteiger partial charge is 0.237 e. The zero-order chi connectivity index (χ0) is 12.1. The van der Waals surface area contributed by atoms with Gasteiger partial charge < -0.3 is 16.0 Å². The molecule has 0 radical (unpaired) electrons. The van der Waals surface area contributed by atoms with Crippen LogP contribution in [0.3, 0.4) is 0 Å². The number of amides is 3. The zero-order valence-corrected chi connectivity index (χ0v) is 9.36. The number of carbonyl (C=O) groups excluding carboxylic acids is 3. The molecule has 1 atom stereocenters. The molecule has 6 heteroatoms. The number of piperidine rings is 1. The molecule has 3 amide bonds. The van der Waals surface area contributed by atoms with Gasteiger partial charge in [-0.25, -0.2) is 0 Å². The van der Waals surface area contributed by atoms with Gasteiger partial charge in [0.2, 0.25) is 17.7 Å². The molecule has 0 aromatic heterocycles. The Balaban J connectivity index is 2.54. The third-order valence-electron chi connectivity index (χ3n) is 2.65. The van der Waals surface area contributed by atoms with Gasteiger partial charge in [0.15, 0.2) is 0 Å². The molecule has 0 aromatic carbocycles. The molecule has 3 N–H and O–H groups in total. The van der Waals surface area contributed by atoms with Crippen molar-refractivity contribution in [3.05, 3.63) is 0 Å². The number of nitrogens with zero attached hydrogens (tertiary/aromatic N) is 1. The predicted molar refractivity (Wildman–Crippen MR) is 57.2 cm³/mol. The number of carbonyl (C=O) groups is 3. The second-order valence-electron chi connectivity index (χ2n) is 3.86. The number of hydrogen-bond donors (Lipinski definition) is 2. The topological polar surface area (TPSA) is 92.5 Å². The van der Waals surface area contributed by atoms with Crippen molar-refractivity contribution in [2.24, 2.45) is 11.7 Å². The third kappa shape index (κ3) is 3.22. The summed E-state index contributed by atoms with van der Waals surface area (Å²) in [5, 5.41) is 2.64. The molecule has 6 nitrogen and oxygen atoms in total. The van der Waals surface area contributed by atoms with Crippen molar-refractivity contribution >= 4 is 17.7 Å². The Bertz CT molecular complexity index is 294. The van der Waals surface area contributed by atoms with Crippen LogP contribution in [0.4, 0.5) is 0 Å². The third-order valence-corrected chi connectivity index (χ3v) is 2.65. The molecule has 16 heavy (non-hydrogen) atoms. The fourth-order valence-electron chi connectivity index (χ4n) is 1.74. The van der Waals surface area contributed by atoms with Crippen molar-refractivity contribution in [1.82, 2.24) is 10.2 Å². The van der Waals surface area contributed by atoms with Crippen LogP contribution in [-0.2, 0) is 14.4 Å². The van der Waals surface area contributed by atoms with Crippen molar-refractivity contribution < 1.29 is 14.4 Å². The number of likely N-dealkylation sites (N-methyl/N-ethyl adjacent to an activating group) is 1. The van der Waals surface area contributed by atoms with E-state index in [1.165, 1.54) is 4.90 Å². The van der Waals surface area contributed by atoms with Crippen molar-refractivity contribution in [3.8, 4) is 0 Å². The Morgan fingerprint density at radius 1 is 1.56 bits per heavy atom. The summed E-state index contributed by atoms with van der Waals surface area (Å²) in [4.78, 5) is 35.1. The van der Waals surface area contributed by atoms with E-state index in [0.29, 0.717) is 25.9 Å². The van der Waals surface area contributed by atoms with Gasteiger partial charge in [0.25, 0.3) is 0 Å². The largest absolute Gasteiger partial charge is 0.368 e. The molecule has 1 rings (SSSR count). The summed E-state index contributed by atoms with van der Waals surface area (Å²) < 4.78 is 0. The van der Waals surface area contributed by atoms with E-state index in [2.05, 4.69) is 5.32 Å². The monoisotopic (exact) mass is 227 g/mol. The quantitative estimate of drug-likeness (QED) is 0.635. The summed E-state index contributed by atoms with van der Waals surface area (Å²) in [6.07, 6.45) is 0.907. The Morgan fingerprint density at radius 2 is 2.25 bits per heavy atom. The summed E-state index contributed by atoms with van der Waals surface area (Å²) in [5.74, 6) is -0.879. The molecule has 1 aliphatic rings. The summed E-state index contributed by atoms with van der Waals surface area (Å²) in [7, 11) is 0. The lowest BCUT2D eigenvalue weighted by atomic mass is 9.97. The van der Waals surface area contributed by atoms with Crippen molar-refractivity contribution in [2.75, 3.05) is 19.6 Å². The summed E-state index contributed by atoms with van der Waals surface area (Å²) >= 11 is 0. The van der Waals surface area contributed by atoms with Crippen LogP contribution in [0.15, 0.2) is 0 Å². The summed E-state index contributed by atoms with van der Waals surface area (Å²) in [5.41, 5.74) is 5.06. The molecular weight excluding hydrogens is 210 g/mol. The van der Waals surface area contributed by atoms with E-state index in [9.17, 15) is 14.4 Å². The molecule has 1 saturated heterocycles. The van der Waals surface area contributed by atoms with E-state index in [4.69, 9.17) is 5.73 Å². The van der Waals surface area contributed by atoms with Crippen LogP contribution < -0.4 is 11.1 Å². The molecule has 1 fully saturated rings. The Morgan fingerprint density at radius 3 is 2.69 bits per heavy atom. The van der Waals surface area contributed by atoms with E-state index in [-0.39, 0.29) is 24.3 Å². The lowest BCUT2D eigenvalue weighted by Gasteiger charge is -2.27. The molecule has 1 aliphatic heterocycles. The number of rotatable bonds is 4. The molecule has 90 valence electrons. The molecule has 0 saturated carbocycles. The molecule has 0 bridgehead atoms. The minimum absolute atomic E-state index is 0.0259. The van der Waals surface area contributed by atoms with Crippen LogP contribution in [0.2, 0.25) is 0 Å². The number of nitrogens with two attached hydrogens (primary N) is 1. The average molecular weight is 227 g/mol. The zero-order valence-electron chi connectivity index (χ0n) is 9.36. The fourth-order valence-corrected chi connectivity index (χ4v) is 1.74. The standard InChI is InChI=1S/C10H17N3O3/c1-2-13(6-8(11)14)10(16)7-3-4-9(15)12-5-7/h7H,2-6H2,1H3,(H2,11,14)(H,12,15). The van der Waals surface area contributed by atoms with Crippen LogP contribution in [-0.4, -0.2) is 42.3 Å². The van der Waals surface area contributed by atoms with Crippen LogP contribution >= 0.6 is 0 Å². The van der Waals surface area contributed by atoms with E-state index < -0.39 is 5.91 Å². The Labute approximate surface area is 94.2 Å². The van der Waals surface area contributed by atoms with Gasteiger partial charge in [-0.05, 0) is 13.3 Å². The first-order chi connectivity index (χ1) is 7.54. The molecule has 1 heterocycles. The average Bonchev–Trinajstić information content (AvgIpc) is 2.25. The number of primary amides is 1. The molecule has 0 spiro atoms. The summed E-state index contributed by atoms with van der Waals surface area (Å²) in [6.45, 7) is 2.54. The van der Waals surface area contributed by atoms with Crippen LogP contribution in [0, 0.1) is 5.92 Å². The predicted octanol–water partition coefficient (Wildman–Crippen LogP) is -1.15. The van der Waals surface area contributed by atoms with E-state index >= 15 is 0 Å². The van der Waals surface area contributed by atoms with E-state index in [0.717, 1.165) is 0 Å². The first-order valence-electron chi connectivity index (χ1n) is 5.38. The van der Waals surface area contributed by atoms with Crippen LogP contribution in [0.5, 0.6) is 0 Å². The lowest BCUT2D eigenvalue weighted by molar-refractivity contribution is -0.140. The lowest BCUT2D eigenvalue weighted by Crippen LogP contribution is -2.47.